The molecule has 1 aromatic rings. The van der Waals surface area contributed by atoms with Crippen LogP contribution in [0.5, 0.6) is 11.5 Å². The van der Waals surface area contributed by atoms with Crippen molar-refractivity contribution in [2.45, 2.75) is 6.04 Å². The molecule has 0 unspecified atom stereocenters. The van der Waals surface area contributed by atoms with Gasteiger partial charge in [-0.1, -0.05) is 0 Å². The third-order valence-electron chi connectivity index (χ3n) is 3.36. The number of aliphatic hydroxyl groups excluding tert-OH is 1. The third-order valence-corrected chi connectivity index (χ3v) is 3.36. The minimum Gasteiger partial charge on any atom is -0.508 e. The molecule has 1 atom stereocenters. The van der Waals surface area contributed by atoms with Crippen molar-refractivity contribution in [3.63, 3.8) is 0 Å². The molecule has 1 aromatic carbocycles. The van der Waals surface area contributed by atoms with E-state index in [0.29, 0.717) is 5.75 Å². The van der Waals surface area contributed by atoms with Gasteiger partial charge in [-0.25, -0.2) is 0 Å². The molecular weight excluding hydrogens is 268 g/mol. The third kappa shape index (κ3) is 3.73. The number of nitrogens with zero attached hydrogens (tertiary/aromatic N) is 1. The highest BCUT2D eigenvalue weighted by Crippen LogP contribution is 2.31. The molecule has 0 bridgehead atoms. The first-order valence-electron chi connectivity index (χ1n) is 6.18. The van der Waals surface area contributed by atoms with Gasteiger partial charge in [0.1, 0.15) is 11.5 Å². The predicted molar refractivity (Wildman–Crippen MR) is 76.2 cm³/mol. The summed E-state index contributed by atoms with van der Waals surface area (Å²) in [6.45, 7) is 3.52. The Kier molecular flexibility index (Phi) is 6.37. The number of ether oxygens (including phenoxy) is 1. The van der Waals surface area contributed by atoms with Crippen LogP contribution >= 0.6 is 12.4 Å². The molecule has 1 aliphatic rings. The van der Waals surface area contributed by atoms with Crippen LogP contribution in [0.4, 0.5) is 0 Å². The van der Waals surface area contributed by atoms with E-state index in [0.717, 1.165) is 31.7 Å². The van der Waals surface area contributed by atoms with Crippen molar-refractivity contribution in [1.29, 1.82) is 0 Å². The molecule has 0 aromatic heterocycles. The smallest absolute Gasteiger partial charge is 0.120 e. The van der Waals surface area contributed by atoms with Gasteiger partial charge in [0.15, 0.2) is 0 Å². The second-order valence-corrected chi connectivity index (χ2v) is 4.41. The number of piperazine rings is 1. The number of hydrogen-bond acceptors (Lipinski definition) is 5. The Labute approximate surface area is 119 Å². The van der Waals surface area contributed by atoms with E-state index < -0.39 is 0 Å². The Morgan fingerprint density at radius 1 is 1.37 bits per heavy atom. The monoisotopic (exact) mass is 288 g/mol. The molecule has 2 rings (SSSR count). The maximum atomic E-state index is 9.95. The maximum Gasteiger partial charge on any atom is 0.120 e. The molecule has 19 heavy (non-hydrogen) atoms. The fourth-order valence-corrected chi connectivity index (χ4v) is 2.33. The van der Waals surface area contributed by atoms with Gasteiger partial charge in [-0.05, 0) is 18.2 Å². The normalized spacial score (nSPS) is 17.6. The van der Waals surface area contributed by atoms with Crippen LogP contribution in [0.25, 0.3) is 0 Å². The van der Waals surface area contributed by atoms with Crippen molar-refractivity contribution in [2.24, 2.45) is 0 Å². The molecule has 1 saturated heterocycles. The number of aromatic hydroxyl groups is 1. The van der Waals surface area contributed by atoms with Crippen LogP contribution in [-0.4, -0.2) is 55.0 Å². The van der Waals surface area contributed by atoms with Crippen LogP contribution in [-0.2, 0) is 0 Å². The van der Waals surface area contributed by atoms with Crippen LogP contribution < -0.4 is 10.1 Å². The van der Waals surface area contributed by atoms with Gasteiger partial charge in [-0.2, -0.15) is 0 Å². The van der Waals surface area contributed by atoms with E-state index in [1.54, 1.807) is 25.3 Å². The molecule has 0 aliphatic carbocycles. The molecule has 0 radical (unpaired) electrons. The topological polar surface area (TPSA) is 65.0 Å². The zero-order valence-electron chi connectivity index (χ0n) is 11.0. The highest BCUT2D eigenvalue weighted by Gasteiger charge is 2.24. The molecule has 108 valence electrons. The first-order valence-corrected chi connectivity index (χ1v) is 6.18. The van der Waals surface area contributed by atoms with Gasteiger partial charge in [0.05, 0.1) is 19.8 Å². The van der Waals surface area contributed by atoms with Crippen molar-refractivity contribution in [3.8, 4) is 11.5 Å². The Hall–Kier alpha value is -1.01. The lowest BCUT2D eigenvalue weighted by molar-refractivity contribution is 0.109. The number of hydrogen-bond donors (Lipinski definition) is 3. The molecule has 5 nitrogen and oxygen atoms in total. The number of rotatable bonds is 4. The first-order chi connectivity index (χ1) is 8.76. The van der Waals surface area contributed by atoms with Gasteiger partial charge in [0.2, 0.25) is 0 Å². The largest absolute Gasteiger partial charge is 0.508 e. The summed E-state index contributed by atoms with van der Waals surface area (Å²) in [5.41, 5.74) is 0.721. The van der Waals surface area contributed by atoms with Gasteiger partial charge < -0.3 is 20.3 Å². The SMILES string of the molecule is COc1ccc(O)c([C@H](CO)N2CCNCC2)c1.Cl. The summed E-state index contributed by atoms with van der Waals surface area (Å²) >= 11 is 0. The fourth-order valence-electron chi connectivity index (χ4n) is 2.33. The quantitative estimate of drug-likeness (QED) is 0.763. The van der Waals surface area contributed by atoms with Crippen molar-refractivity contribution in [1.82, 2.24) is 10.2 Å². The van der Waals surface area contributed by atoms with Gasteiger partial charge >= 0.3 is 0 Å². The molecule has 3 N–H and O–H groups in total. The van der Waals surface area contributed by atoms with E-state index in [-0.39, 0.29) is 30.8 Å². The Morgan fingerprint density at radius 2 is 2.05 bits per heavy atom. The van der Waals surface area contributed by atoms with E-state index in [1.165, 1.54) is 0 Å². The summed E-state index contributed by atoms with van der Waals surface area (Å²) < 4.78 is 5.17. The zero-order valence-corrected chi connectivity index (χ0v) is 11.8. The van der Waals surface area contributed by atoms with Crippen LogP contribution in [0.2, 0.25) is 0 Å². The Bertz CT molecular complexity index is 397. The second-order valence-electron chi connectivity index (χ2n) is 4.41. The van der Waals surface area contributed by atoms with E-state index >= 15 is 0 Å². The fraction of sp³-hybridized carbons (Fsp3) is 0.538. The minimum atomic E-state index is -0.179. The number of phenols is 1. The van der Waals surface area contributed by atoms with E-state index in [1.807, 2.05) is 0 Å². The summed E-state index contributed by atoms with van der Waals surface area (Å²) in [6.07, 6.45) is 0. The summed E-state index contributed by atoms with van der Waals surface area (Å²) in [4.78, 5) is 2.17. The average molecular weight is 289 g/mol. The number of aliphatic hydroxyl groups is 1. The van der Waals surface area contributed by atoms with Gasteiger partial charge in [-0.15, -0.1) is 12.4 Å². The van der Waals surface area contributed by atoms with Gasteiger partial charge in [-0.3, -0.25) is 4.90 Å². The average Bonchev–Trinajstić information content (AvgIpc) is 2.43. The number of phenolic OH excluding ortho intramolecular Hbond substituents is 1. The highest BCUT2D eigenvalue weighted by molar-refractivity contribution is 5.85. The van der Waals surface area contributed by atoms with Crippen molar-refractivity contribution < 1.29 is 14.9 Å². The van der Waals surface area contributed by atoms with Crippen molar-refractivity contribution >= 4 is 12.4 Å². The lowest BCUT2D eigenvalue weighted by Gasteiger charge is -2.34. The molecule has 1 heterocycles. The summed E-state index contributed by atoms with van der Waals surface area (Å²) in [6, 6.07) is 4.93. The van der Waals surface area contributed by atoms with E-state index in [4.69, 9.17) is 4.74 Å². The van der Waals surface area contributed by atoms with Crippen molar-refractivity contribution in [2.75, 3.05) is 39.9 Å². The van der Waals surface area contributed by atoms with E-state index in [2.05, 4.69) is 10.2 Å². The van der Waals surface area contributed by atoms with Crippen LogP contribution in [0.1, 0.15) is 11.6 Å². The highest BCUT2D eigenvalue weighted by atomic mass is 35.5. The van der Waals surface area contributed by atoms with Gasteiger partial charge in [0.25, 0.3) is 0 Å². The molecule has 1 aliphatic heterocycles. The zero-order chi connectivity index (χ0) is 13.0. The Morgan fingerprint density at radius 3 is 2.63 bits per heavy atom. The molecule has 0 amide bonds. The summed E-state index contributed by atoms with van der Waals surface area (Å²) in [7, 11) is 1.59. The molecular formula is C13H21ClN2O3. The number of benzene rings is 1. The first kappa shape index (κ1) is 16.0. The predicted octanol–water partition coefficient (Wildman–Crippen LogP) is 0.761. The second kappa shape index (κ2) is 7.55. The number of nitrogens with one attached hydrogen (secondary N) is 1. The Balaban J connectivity index is 0.00000180. The standard InChI is InChI=1S/C13H20N2O3.ClH/c1-18-10-2-3-13(17)11(8-10)12(9-16)15-6-4-14-5-7-15;/h2-3,8,12,14,16-17H,4-7,9H2,1H3;1H/t12-;/m0./s1. The maximum absolute atomic E-state index is 9.95. The number of halogens is 1. The van der Waals surface area contributed by atoms with Crippen LogP contribution in [0, 0.1) is 0 Å². The lowest BCUT2D eigenvalue weighted by Crippen LogP contribution is -2.46. The molecule has 6 heteroatoms. The summed E-state index contributed by atoms with van der Waals surface area (Å²) in [5, 5.41) is 22.8. The minimum absolute atomic E-state index is 0. The number of methoxy groups -OCH3 is 1. The molecule has 0 saturated carbocycles. The summed E-state index contributed by atoms with van der Waals surface area (Å²) in [5.74, 6) is 0.893. The van der Waals surface area contributed by atoms with Crippen LogP contribution in [0.3, 0.4) is 0 Å². The molecule has 1 fully saturated rings. The van der Waals surface area contributed by atoms with E-state index in [9.17, 15) is 10.2 Å². The van der Waals surface area contributed by atoms with Crippen molar-refractivity contribution in [3.05, 3.63) is 23.8 Å². The lowest BCUT2D eigenvalue weighted by atomic mass is 10.0. The molecule has 0 spiro atoms. The van der Waals surface area contributed by atoms with Crippen LogP contribution in [0.15, 0.2) is 18.2 Å². The van der Waals surface area contributed by atoms with Gasteiger partial charge in [0, 0.05) is 31.7 Å².